The molecule has 1 heterocycles. The second-order valence-electron chi connectivity index (χ2n) is 6.37. The van der Waals surface area contributed by atoms with Crippen molar-refractivity contribution in [2.24, 2.45) is 0 Å². The Bertz CT molecular complexity index is 1080. The molecular formula is C20H23N3O5S. The maximum atomic E-state index is 12.7. The Hall–Kier alpha value is -2.91. The first-order chi connectivity index (χ1) is 13.8. The first-order valence-electron chi connectivity index (χ1n) is 9.01. The number of methoxy groups -OCH3 is 1. The van der Waals surface area contributed by atoms with Gasteiger partial charge in [0.15, 0.2) is 11.5 Å². The average Bonchev–Trinajstić information content (AvgIpc) is 3.17. The number of hydrogen-bond acceptors (Lipinski definition) is 7. The van der Waals surface area contributed by atoms with Crippen molar-refractivity contribution in [3.8, 4) is 23.0 Å². The summed E-state index contributed by atoms with van der Waals surface area (Å²) in [7, 11) is -0.629. The summed E-state index contributed by atoms with van der Waals surface area (Å²) < 4.78 is 43.1. The molecule has 0 unspecified atom stereocenters. The van der Waals surface area contributed by atoms with Crippen LogP contribution in [0.4, 0.5) is 0 Å². The Kier molecular flexibility index (Phi) is 6.19. The summed E-state index contributed by atoms with van der Waals surface area (Å²) in [5.41, 5.74) is 1.64. The van der Waals surface area contributed by atoms with Gasteiger partial charge in [-0.1, -0.05) is 17.7 Å². The summed E-state index contributed by atoms with van der Waals surface area (Å²) in [5, 5.41) is 8.01. The molecule has 3 rings (SSSR count). The van der Waals surface area contributed by atoms with Crippen LogP contribution >= 0.6 is 0 Å². The Balaban J connectivity index is 1.80. The van der Waals surface area contributed by atoms with Crippen molar-refractivity contribution < 1.29 is 22.3 Å². The summed E-state index contributed by atoms with van der Waals surface area (Å²) in [4.78, 5) is 0.210. The second-order valence-corrected chi connectivity index (χ2v) is 8.42. The number of sulfonamides is 1. The van der Waals surface area contributed by atoms with Crippen molar-refractivity contribution in [1.82, 2.24) is 14.5 Å². The van der Waals surface area contributed by atoms with Crippen LogP contribution in [0.5, 0.6) is 11.5 Å². The van der Waals surface area contributed by atoms with Crippen molar-refractivity contribution in [3.05, 3.63) is 53.9 Å². The molecule has 9 heteroatoms. The molecular weight excluding hydrogens is 394 g/mol. The van der Waals surface area contributed by atoms with Crippen molar-refractivity contribution >= 4 is 10.0 Å². The number of aryl methyl sites for hydroxylation is 1. The lowest BCUT2D eigenvalue weighted by Crippen LogP contribution is -2.26. The monoisotopic (exact) mass is 417 g/mol. The highest BCUT2D eigenvalue weighted by molar-refractivity contribution is 7.89. The smallest absolute Gasteiger partial charge is 0.247 e. The summed E-state index contributed by atoms with van der Waals surface area (Å²) >= 11 is 0. The third-order valence-electron chi connectivity index (χ3n) is 4.26. The van der Waals surface area contributed by atoms with Crippen LogP contribution in [-0.4, -0.2) is 43.7 Å². The molecule has 0 fully saturated rings. The molecule has 0 saturated heterocycles. The van der Waals surface area contributed by atoms with Crippen LogP contribution in [0, 0.1) is 6.92 Å². The van der Waals surface area contributed by atoms with Gasteiger partial charge in [-0.25, -0.2) is 8.42 Å². The van der Waals surface area contributed by atoms with Gasteiger partial charge in [-0.2, -0.15) is 4.31 Å². The van der Waals surface area contributed by atoms with Crippen molar-refractivity contribution in [1.29, 1.82) is 0 Å². The second kappa shape index (κ2) is 8.62. The molecule has 3 aromatic rings. The number of rotatable bonds is 8. The zero-order valence-electron chi connectivity index (χ0n) is 16.7. The Labute approximate surface area is 170 Å². The molecule has 0 bridgehead atoms. The highest BCUT2D eigenvalue weighted by Gasteiger charge is 2.23. The first-order valence-corrected chi connectivity index (χ1v) is 10.5. The third-order valence-corrected chi connectivity index (χ3v) is 6.08. The van der Waals surface area contributed by atoms with Gasteiger partial charge in [0.05, 0.1) is 25.2 Å². The predicted molar refractivity (Wildman–Crippen MR) is 107 cm³/mol. The number of nitrogens with zero attached hydrogens (tertiary/aromatic N) is 3. The average molecular weight is 417 g/mol. The first kappa shape index (κ1) is 20.8. The van der Waals surface area contributed by atoms with E-state index in [-0.39, 0.29) is 23.2 Å². The fourth-order valence-electron chi connectivity index (χ4n) is 2.68. The van der Waals surface area contributed by atoms with E-state index < -0.39 is 10.0 Å². The van der Waals surface area contributed by atoms with E-state index in [1.165, 1.54) is 11.4 Å². The number of ether oxygens (including phenoxy) is 2. The minimum atomic E-state index is -3.66. The summed E-state index contributed by atoms with van der Waals surface area (Å²) in [6.07, 6.45) is 0. The standard InChI is InChI=1S/C20H23N3O5S/c1-5-27-18-12-15(8-11-17(18)26-4)20-22-21-19(28-20)13-23(3)29(24,25)16-9-6-14(2)7-10-16/h6-12H,5,13H2,1-4H3. The van der Waals surface area contributed by atoms with E-state index in [0.29, 0.717) is 23.7 Å². The van der Waals surface area contributed by atoms with Crippen LogP contribution in [0.25, 0.3) is 11.5 Å². The molecule has 0 spiro atoms. The summed E-state index contributed by atoms with van der Waals surface area (Å²) in [6, 6.07) is 11.9. The Morgan fingerprint density at radius 1 is 1.07 bits per heavy atom. The molecule has 0 aliphatic carbocycles. The molecule has 154 valence electrons. The number of hydrogen-bond donors (Lipinski definition) is 0. The van der Waals surface area contributed by atoms with Gasteiger partial charge in [0.1, 0.15) is 0 Å². The van der Waals surface area contributed by atoms with Crippen LogP contribution in [0.1, 0.15) is 18.4 Å². The maximum Gasteiger partial charge on any atom is 0.247 e. The van der Waals surface area contributed by atoms with E-state index in [4.69, 9.17) is 13.9 Å². The molecule has 0 N–H and O–H groups in total. The molecule has 2 aromatic carbocycles. The van der Waals surface area contributed by atoms with Crippen molar-refractivity contribution in [2.45, 2.75) is 25.3 Å². The van der Waals surface area contributed by atoms with E-state index in [2.05, 4.69) is 10.2 Å². The molecule has 29 heavy (non-hydrogen) atoms. The van der Waals surface area contributed by atoms with E-state index in [0.717, 1.165) is 5.56 Å². The highest BCUT2D eigenvalue weighted by Crippen LogP contribution is 2.32. The zero-order chi connectivity index (χ0) is 21.0. The van der Waals surface area contributed by atoms with Gasteiger partial charge in [-0.3, -0.25) is 0 Å². The van der Waals surface area contributed by atoms with Gasteiger partial charge >= 0.3 is 0 Å². The van der Waals surface area contributed by atoms with Crippen LogP contribution < -0.4 is 9.47 Å². The predicted octanol–water partition coefficient (Wildman–Crippen LogP) is 3.27. The van der Waals surface area contributed by atoms with Gasteiger partial charge in [0.25, 0.3) is 0 Å². The van der Waals surface area contributed by atoms with Gasteiger partial charge in [-0.05, 0) is 44.2 Å². The molecule has 0 aliphatic heterocycles. The lowest BCUT2D eigenvalue weighted by molar-refractivity contribution is 0.311. The topological polar surface area (TPSA) is 94.8 Å². The molecule has 8 nitrogen and oxygen atoms in total. The number of benzene rings is 2. The summed E-state index contributed by atoms with van der Waals surface area (Å²) in [5.74, 6) is 1.61. The quantitative estimate of drug-likeness (QED) is 0.555. The fourth-order valence-corrected chi connectivity index (χ4v) is 3.80. The lowest BCUT2D eigenvalue weighted by atomic mass is 10.2. The van der Waals surface area contributed by atoms with E-state index in [1.54, 1.807) is 49.6 Å². The minimum absolute atomic E-state index is 0.0440. The minimum Gasteiger partial charge on any atom is -0.493 e. The molecule has 0 atom stereocenters. The van der Waals surface area contributed by atoms with Crippen LogP contribution in [0.15, 0.2) is 51.8 Å². The van der Waals surface area contributed by atoms with Gasteiger partial charge in [0.2, 0.25) is 21.8 Å². The highest BCUT2D eigenvalue weighted by atomic mass is 32.2. The van der Waals surface area contributed by atoms with Crippen LogP contribution in [-0.2, 0) is 16.6 Å². The van der Waals surface area contributed by atoms with E-state index in [1.807, 2.05) is 13.8 Å². The molecule has 0 aliphatic rings. The van der Waals surface area contributed by atoms with Crippen LogP contribution in [0.3, 0.4) is 0 Å². The normalized spacial score (nSPS) is 11.6. The van der Waals surface area contributed by atoms with Gasteiger partial charge in [-0.15, -0.1) is 10.2 Å². The van der Waals surface area contributed by atoms with E-state index in [9.17, 15) is 8.42 Å². The number of aromatic nitrogens is 2. The molecule has 0 saturated carbocycles. The molecule has 0 radical (unpaired) electrons. The van der Waals surface area contributed by atoms with Gasteiger partial charge in [0, 0.05) is 12.6 Å². The Morgan fingerprint density at radius 2 is 1.79 bits per heavy atom. The molecule has 0 amide bonds. The van der Waals surface area contributed by atoms with Gasteiger partial charge < -0.3 is 13.9 Å². The SMILES string of the molecule is CCOc1cc(-c2nnc(CN(C)S(=O)(=O)c3ccc(C)cc3)o2)ccc1OC. The van der Waals surface area contributed by atoms with Crippen molar-refractivity contribution in [2.75, 3.05) is 20.8 Å². The van der Waals surface area contributed by atoms with Crippen molar-refractivity contribution in [3.63, 3.8) is 0 Å². The Morgan fingerprint density at radius 3 is 2.45 bits per heavy atom. The zero-order valence-corrected chi connectivity index (χ0v) is 17.6. The van der Waals surface area contributed by atoms with Crippen LogP contribution in [0.2, 0.25) is 0 Å². The fraction of sp³-hybridized carbons (Fsp3) is 0.300. The van der Waals surface area contributed by atoms with E-state index >= 15 is 0 Å². The maximum absolute atomic E-state index is 12.7. The third kappa shape index (κ3) is 4.57. The lowest BCUT2D eigenvalue weighted by Gasteiger charge is -2.15. The molecule has 1 aromatic heterocycles. The summed E-state index contributed by atoms with van der Waals surface area (Å²) in [6.45, 7) is 4.21. The largest absolute Gasteiger partial charge is 0.493 e.